The number of hydrogen-bond acceptors (Lipinski definition) is 3. The molecule has 3 aromatic rings. The summed E-state index contributed by atoms with van der Waals surface area (Å²) in [5.74, 6) is 6.47. The van der Waals surface area contributed by atoms with Crippen molar-refractivity contribution in [3.05, 3.63) is 68.4 Å². The number of benzene rings is 2. The summed E-state index contributed by atoms with van der Waals surface area (Å²) in [5.41, 5.74) is 4.67. The molecule has 102 valence electrons. The fraction of sp³-hybridized carbons (Fsp3) is 0.0667. The molecule has 0 radical (unpaired) electrons. The SMILES string of the molecule is NNC(c1cccc(I)c1)c1cc2cc(Cl)ccc2o1. The van der Waals surface area contributed by atoms with E-state index in [0.717, 1.165) is 25.9 Å². The third kappa shape index (κ3) is 2.69. The molecular weight excluding hydrogens is 387 g/mol. The summed E-state index contributed by atoms with van der Waals surface area (Å²) in [6.45, 7) is 0. The van der Waals surface area contributed by atoms with Crippen LogP contribution in [-0.2, 0) is 0 Å². The number of nitrogens with one attached hydrogen (secondary N) is 1. The second-order valence-corrected chi connectivity index (χ2v) is 6.17. The summed E-state index contributed by atoms with van der Waals surface area (Å²) in [6.07, 6.45) is 0. The molecule has 1 atom stereocenters. The monoisotopic (exact) mass is 398 g/mol. The Kier molecular flexibility index (Phi) is 3.98. The molecule has 3 nitrogen and oxygen atoms in total. The van der Waals surface area contributed by atoms with Crippen LogP contribution in [0.1, 0.15) is 17.4 Å². The first-order valence-electron chi connectivity index (χ1n) is 6.08. The van der Waals surface area contributed by atoms with Gasteiger partial charge in [-0.15, -0.1) is 0 Å². The molecule has 0 spiro atoms. The van der Waals surface area contributed by atoms with Crippen LogP contribution in [0.15, 0.2) is 52.9 Å². The molecule has 0 aliphatic heterocycles. The molecule has 3 rings (SSSR count). The molecule has 0 saturated heterocycles. The van der Waals surface area contributed by atoms with Gasteiger partial charge in [0.2, 0.25) is 0 Å². The Balaban J connectivity index is 2.07. The average Bonchev–Trinajstić information content (AvgIpc) is 2.82. The van der Waals surface area contributed by atoms with Crippen LogP contribution in [-0.4, -0.2) is 0 Å². The molecule has 3 N–H and O–H groups in total. The first kappa shape index (κ1) is 13.9. The molecule has 1 heterocycles. The van der Waals surface area contributed by atoms with Gasteiger partial charge in [-0.1, -0.05) is 23.7 Å². The summed E-state index contributed by atoms with van der Waals surface area (Å²) >= 11 is 8.27. The number of halogens is 2. The highest BCUT2D eigenvalue weighted by molar-refractivity contribution is 14.1. The van der Waals surface area contributed by atoms with Gasteiger partial charge in [0.05, 0.1) is 0 Å². The topological polar surface area (TPSA) is 51.2 Å². The zero-order chi connectivity index (χ0) is 14.1. The zero-order valence-corrected chi connectivity index (χ0v) is 13.4. The molecule has 1 unspecified atom stereocenters. The Morgan fingerprint density at radius 1 is 1.15 bits per heavy atom. The Morgan fingerprint density at radius 2 is 2.00 bits per heavy atom. The van der Waals surface area contributed by atoms with E-state index >= 15 is 0 Å². The minimum absolute atomic E-state index is 0.184. The van der Waals surface area contributed by atoms with Crippen LogP contribution in [0, 0.1) is 3.57 Å². The first-order valence-corrected chi connectivity index (χ1v) is 7.53. The van der Waals surface area contributed by atoms with Gasteiger partial charge in [0.15, 0.2) is 0 Å². The quantitative estimate of drug-likeness (QED) is 0.394. The van der Waals surface area contributed by atoms with Gasteiger partial charge in [-0.05, 0) is 64.6 Å². The van der Waals surface area contributed by atoms with E-state index in [4.69, 9.17) is 21.9 Å². The Labute approximate surface area is 135 Å². The van der Waals surface area contributed by atoms with Crippen LogP contribution in [0.4, 0.5) is 0 Å². The summed E-state index contributed by atoms with van der Waals surface area (Å²) in [4.78, 5) is 0. The highest BCUT2D eigenvalue weighted by Gasteiger charge is 2.17. The predicted molar refractivity (Wildman–Crippen MR) is 89.5 cm³/mol. The third-order valence-corrected chi connectivity index (χ3v) is 4.04. The van der Waals surface area contributed by atoms with Gasteiger partial charge in [0.25, 0.3) is 0 Å². The van der Waals surface area contributed by atoms with E-state index in [0.29, 0.717) is 5.02 Å². The molecule has 2 aromatic carbocycles. The van der Waals surface area contributed by atoms with Crippen LogP contribution >= 0.6 is 34.2 Å². The Morgan fingerprint density at radius 3 is 2.75 bits per heavy atom. The van der Waals surface area contributed by atoms with Crippen LogP contribution < -0.4 is 11.3 Å². The highest BCUT2D eigenvalue weighted by Crippen LogP contribution is 2.29. The molecule has 5 heteroatoms. The lowest BCUT2D eigenvalue weighted by molar-refractivity contribution is 0.477. The van der Waals surface area contributed by atoms with Crippen LogP contribution in [0.25, 0.3) is 11.0 Å². The molecule has 0 bridgehead atoms. The van der Waals surface area contributed by atoms with Crippen molar-refractivity contribution >= 4 is 45.2 Å². The molecule has 20 heavy (non-hydrogen) atoms. The third-order valence-electron chi connectivity index (χ3n) is 3.13. The van der Waals surface area contributed by atoms with Gasteiger partial charge in [0.1, 0.15) is 17.4 Å². The maximum atomic E-state index is 6.00. The van der Waals surface area contributed by atoms with Gasteiger partial charge in [0, 0.05) is 14.0 Å². The number of hydrogen-bond donors (Lipinski definition) is 2. The van der Waals surface area contributed by atoms with E-state index in [2.05, 4.69) is 34.1 Å². The lowest BCUT2D eigenvalue weighted by atomic mass is 10.1. The minimum atomic E-state index is -0.184. The summed E-state index contributed by atoms with van der Waals surface area (Å²) in [5, 5.41) is 1.66. The van der Waals surface area contributed by atoms with Gasteiger partial charge in [-0.3, -0.25) is 5.84 Å². The molecular formula is C15H12ClIN2O. The van der Waals surface area contributed by atoms with Crippen LogP contribution in [0.2, 0.25) is 5.02 Å². The number of rotatable bonds is 3. The zero-order valence-electron chi connectivity index (χ0n) is 10.4. The van der Waals surface area contributed by atoms with E-state index in [-0.39, 0.29) is 6.04 Å². The van der Waals surface area contributed by atoms with Crippen molar-refractivity contribution < 1.29 is 4.42 Å². The summed E-state index contributed by atoms with van der Waals surface area (Å²) in [6, 6.07) is 15.5. The maximum Gasteiger partial charge on any atom is 0.134 e. The van der Waals surface area contributed by atoms with Gasteiger partial charge >= 0.3 is 0 Å². The molecule has 0 aliphatic rings. The van der Waals surface area contributed by atoms with E-state index in [1.165, 1.54) is 0 Å². The second kappa shape index (κ2) is 5.73. The van der Waals surface area contributed by atoms with Crippen molar-refractivity contribution in [1.82, 2.24) is 5.43 Å². The van der Waals surface area contributed by atoms with E-state index in [1.807, 2.05) is 42.5 Å². The fourth-order valence-corrected chi connectivity index (χ4v) is 2.95. The average molecular weight is 399 g/mol. The summed E-state index contributed by atoms with van der Waals surface area (Å²) in [7, 11) is 0. The van der Waals surface area contributed by atoms with Gasteiger partial charge < -0.3 is 4.42 Å². The number of furan rings is 1. The van der Waals surface area contributed by atoms with Crippen LogP contribution in [0.5, 0.6) is 0 Å². The normalized spacial score (nSPS) is 12.8. The van der Waals surface area contributed by atoms with E-state index in [9.17, 15) is 0 Å². The minimum Gasteiger partial charge on any atom is -0.459 e. The van der Waals surface area contributed by atoms with E-state index < -0.39 is 0 Å². The van der Waals surface area contributed by atoms with Gasteiger partial charge in [-0.2, -0.15) is 0 Å². The number of fused-ring (bicyclic) bond motifs is 1. The highest BCUT2D eigenvalue weighted by atomic mass is 127. The smallest absolute Gasteiger partial charge is 0.134 e. The van der Waals surface area contributed by atoms with Crippen molar-refractivity contribution in [3.8, 4) is 0 Å². The Hall–Kier alpha value is -1.08. The van der Waals surface area contributed by atoms with Crippen molar-refractivity contribution in [2.45, 2.75) is 6.04 Å². The van der Waals surface area contributed by atoms with Crippen molar-refractivity contribution in [3.63, 3.8) is 0 Å². The second-order valence-electron chi connectivity index (χ2n) is 4.49. The fourth-order valence-electron chi connectivity index (χ4n) is 2.21. The first-order chi connectivity index (χ1) is 9.67. The lowest BCUT2D eigenvalue weighted by Gasteiger charge is -2.13. The molecule has 0 aliphatic carbocycles. The van der Waals surface area contributed by atoms with Crippen molar-refractivity contribution in [2.75, 3.05) is 0 Å². The van der Waals surface area contributed by atoms with Gasteiger partial charge in [-0.25, -0.2) is 5.43 Å². The molecule has 0 amide bonds. The molecule has 0 fully saturated rings. The molecule has 1 aromatic heterocycles. The van der Waals surface area contributed by atoms with Crippen LogP contribution in [0.3, 0.4) is 0 Å². The summed E-state index contributed by atoms with van der Waals surface area (Å²) < 4.78 is 7.02. The lowest BCUT2D eigenvalue weighted by Crippen LogP contribution is -2.28. The number of hydrazine groups is 1. The largest absolute Gasteiger partial charge is 0.459 e. The maximum absolute atomic E-state index is 6.00. The predicted octanol–water partition coefficient (Wildman–Crippen LogP) is 4.24. The number of nitrogens with two attached hydrogens (primary N) is 1. The standard InChI is InChI=1S/C15H12ClIN2O/c16-11-4-5-13-10(6-11)8-14(20-13)15(19-18)9-2-1-3-12(17)7-9/h1-8,15,19H,18H2. The Bertz CT molecular complexity index is 756. The van der Waals surface area contributed by atoms with Crippen molar-refractivity contribution in [2.24, 2.45) is 5.84 Å². The van der Waals surface area contributed by atoms with E-state index in [1.54, 1.807) is 0 Å². The molecule has 0 saturated carbocycles. The van der Waals surface area contributed by atoms with Crippen molar-refractivity contribution in [1.29, 1.82) is 0 Å².